The molecular formula is C37H39F2N9O5. The van der Waals surface area contributed by atoms with Crippen molar-refractivity contribution >= 4 is 35.6 Å². The number of rotatable bonds is 6. The summed E-state index contributed by atoms with van der Waals surface area (Å²) in [6.07, 6.45) is 12.5. The van der Waals surface area contributed by atoms with E-state index in [1.54, 1.807) is 37.1 Å². The van der Waals surface area contributed by atoms with E-state index < -0.39 is 24.0 Å². The molecule has 16 heteroatoms. The molecule has 0 aliphatic carbocycles. The number of carboxylic acid groups (broad SMARTS) is 1. The third-order valence-electron chi connectivity index (χ3n) is 9.40. The number of likely N-dealkylation sites (tertiary alicyclic amines) is 1. The molecule has 276 valence electrons. The van der Waals surface area contributed by atoms with E-state index in [2.05, 4.69) is 19.9 Å². The number of fused-ring (bicyclic) bond motifs is 2. The van der Waals surface area contributed by atoms with E-state index in [4.69, 9.17) is 16.6 Å². The summed E-state index contributed by atoms with van der Waals surface area (Å²) in [6.45, 7) is 1.27. The summed E-state index contributed by atoms with van der Waals surface area (Å²) >= 11 is 0. The highest BCUT2D eigenvalue weighted by Gasteiger charge is 2.35. The van der Waals surface area contributed by atoms with Crippen molar-refractivity contribution in [2.45, 2.75) is 57.3 Å². The number of nitrogens with two attached hydrogens (primary N) is 2. The van der Waals surface area contributed by atoms with Gasteiger partial charge in [-0.2, -0.15) is 0 Å². The predicted molar refractivity (Wildman–Crippen MR) is 191 cm³/mol. The molecule has 1 saturated heterocycles. The molecule has 0 aromatic carbocycles. The summed E-state index contributed by atoms with van der Waals surface area (Å²) in [4.78, 5) is 68.0. The number of piperidine rings is 1. The Bertz CT molecular complexity index is 2040. The molecule has 4 aromatic heterocycles. The highest BCUT2D eigenvalue weighted by Crippen LogP contribution is 2.32. The number of carboxylic acids is 1. The first-order valence-corrected chi connectivity index (χ1v) is 17.2. The first-order valence-electron chi connectivity index (χ1n) is 17.2. The number of anilines is 2. The molecule has 0 unspecified atom stereocenters. The van der Waals surface area contributed by atoms with Crippen LogP contribution in [0.4, 0.5) is 30.0 Å². The van der Waals surface area contributed by atoms with Crippen LogP contribution in [-0.4, -0.2) is 86.0 Å². The summed E-state index contributed by atoms with van der Waals surface area (Å²) in [5.74, 6) is -2.57. The van der Waals surface area contributed by atoms with Gasteiger partial charge in [-0.25, -0.2) is 28.3 Å². The van der Waals surface area contributed by atoms with Gasteiger partial charge in [0.05, 0.1) is 12.8 Å². The molecule has 0 spiro atoms. The number of pyridine rings is 4. The number of aryl methyl sites for hydroxylation is 2. The summed E-state index contributed by atoms with van der Waals surface area (Å²) in [7, 11) is 0. The van der Waals surface area contributed by atoms with E-state index in [-0.39, 0.29) is 44.7 Å². The van der Waals surface area contributed by atoms with Crippen molar-refractivity contribution in [1.82, 2.24) is 24.8 Å². The zero-order valence-electron chi connectivity index (χ0n) is 28.9. The smallest absolute Gasteiger partial charge is 0.320 e. The molecule has 3 aliphatic heterocycles. The Balaban J connectivity index is 0.000000188. The maximum absolute atomic E-state index is 13.3. The molecule has 5 N–H and O–H groups in total. The Morgan fingerprint density at radius 1 is 0.660 bits per heavy atom. The summed E-state index contributed by atoms with van der Waals surface area (Å²) in [5, 5.41) is 8.88. The number of aromatic nitrogens is 4. The molecule has 1 fully saturated rings. The SMILES string of the molecule is NC(=O)N1CCCc2cc(-c3cncc(CC(=O)N4CCC(F)(F)CC4)c3)cnc21.NC(=O)N1CCCc2cc(-c3cncc(CC(=O)O)c3)cnc21. The van der Waals surface area contributed by atoms with Gasteiger partial charge in [0.15, 0.2) is 0 Å². The third-order valence-corrected chi connectivity index (χ3v) is 9.40. The molecule has 14 nitrogen and oxygen atoms in total. The lowest BCUT2D eigenvalue weighted by atomic mass is 10.00. The number of carbonyl (C=O) groups is 4. The number of urea groups is 2. The number of halogens is 2. The Morgan fingerprint density at radius 2 is 1.11 bits per heavy atom. The van der Waals surface area contributed by atoms with Crippen LogP contribution in [0.15, 0.2) is 61.4 Å². The first kappa shape index (κ1) is 36.7. The third kappa shape index (κ3) is 8.88. The molecule has 53 heavy (non-hydrogen) atoms. The molecule has 4 aromatic rings. The average molecular weight is 728 g/mol. The minimum Gasteiger partial charge on any atom is -0.481 e. The number of amides is 5. The van der Waals surface area contributed by atoms with Crippen molar-refractivity contribution in [2.24, 2.45) is 11.5 Å². The first-order chi connectivity index (χ1) is 25.4. The van der Waals surface area contributed by atoms with E-state index in [0.29, 0.717) is 35.9 Å². The quantitative estimate of drug-likeness (QED) is 0.258. The molecule has 5 amide bonds. The van der Waals surface area contributed by atoms with Crippen molar-refractivity contribution in [3.63, 3.8) is 0 Å². The summed E-state index contributed by atoms with van der Waals surface area (Å²) < 4.78 is 26.6. The summed E-state index contributed by atoms with van der Waals surface area (Å²) in [6, 6.07) is 6.55. The number of aliphatic carboxylic acids is 1. The van der Waals surface area contributed by atoms with Crippen LogP contribution in [0.1, 0.15) is 47.9 Å². The normalized spacial score (nSPS) is 16.1. The molecule has 0 radical (unpaired) electrons. The molecular weight excluding hydrogens is 688 g/mol. The fraction of sp³-hybridized carbons (Fsp3) is 0.351. The monoisotopic (exact) mass is 727 g/mol. The van der Waals surface area contributed by atoms with Crippen LogP contribution in [-0.2, 0) is 35.3 Å². The molecule has 0 bridgehead atoms. The highest BCUT2D eigenvalue weighted by atomic mass is 19.3. The number of carbonyl (C=O) groups excluding carboxylic acids is 3. The topological polar surface area (TPSA) is 202 Å². The van der Waals surface area contributed by atoms with Gasteiger partial charge in [0.25, 0.3) is 5.92 Å². The second kappa shape index (κ2) is 15.7. The fourth-order valence-corrected chi connectivity index (χ4v) is 6.70. The Labute approximate surface area is 303 Å². The van der Waals surface area contributed by atoms with Gasteiger partial charge in [0.1, 0.15) is 11.6 Å². The fourth-order valence-electron chi connectivity index (χ4n) is 6.70. The minimum absolute atomic E-state index is 0.0735. The Kier molecular flexibility index (Phi) is 10.9. The van der Waals surface area contributed by atoms with Crippen molar-refractivity contribution in [2.75, 3.05) is 36.0 Å². The lowest BCUT2D eigenvalue weighted by Crippen LogP contribution is -2.43. The number of nitrogens with zero attached hydrogens (tertiary/aromatic N) is 7. The minimum atomic E-state index is -2.68. The van der Waals surface area contributed by atoms with E-state index in [9.17, 15) is 28.0 Å². The van der Waals surface area contributed by atoms with Gasteiger partial charge < -0.3 is 21.5 Å². The highest BCUT2D eigenvalue weighted by molar-refractivity contribution is 5.92. The van der Waals surface area contributed by atoms with Crippen LogP contribution >= 0.6 is 0 Å². The maximum atomic E-state index is 13.3. The average Bonchev–Trinajstić information content (AvgIpc) is 3.14. The van der Waals surface area contributed by atoms with Crippen LogP contribution in [0, 0.1) is 0 Å². The molecule has 0 saturated carbocycles. The number of primary amides is 2. The van der Waals surface area contributed by atoms with Gasteiger partial charge in [-0.05, 0) is 72.2 Å². The number of alkyl halides is 2. The van der Waals surface area contributed by atoms with Gasteiger partial charge in [-0.3, -0.25) is 29.4 Å². The van der Waals surface area contributed by atoms with Gasteiger partial charge in [-0.15, -0.1) is 0 Å². The van der Waals surface area contributed by atoms with E-state index >= 15 is 0 Å². The Hall–Kier alpha value is -6.06. The van der Waals surface area contributed by atoms with Gasteiger partial charge >= 0.3 is 18.0 Å². The van der Waals surface area contributed by atoms with Crippen molar-refractivity contribution in [3.8, 4) is 22.3 Å². The van der Waals surface area contributed by atoms with Crippen molar-refractivity contribution in [3.05, 3.63) is 83.7 Å². The number of hydrogen-bond donors (Lipinski definition) is 3. The van der Waals surface area contributed by atoms with Crippen LogP contribution < -0.4 is 21.3 Å². The zero-order chi connectivity index (χ0) is 37.7. The summed E-state index contributed by atoms with van der Waals surface area (Å²) in [5.41, 5.74) is 17.3. The second-order valence-electron chi connectivity index (χ2n) is 13.2. The predicted octanol–water partition coefficient (Wildman–Crippen LogP) is 4.38. The van der Waals surface area contributed by atoms with E-state index in [1.165, 1.54) is 20.9 Å². The maximum Gasteiger partial charge on any atom is 0.320 e. The van der Waals surface area contributed by atoms with E-state index in [1.807, 2.05) is 18.2 Å². The largest absolute Gasteiger partial charge is 0.481 e. The lowest BCUT2D eigenvalue weighted by Gasteiger charge is -2.31. The Morgan fingerprint density at radius 3 is 1.57 bits per heavy atom. The van der Waals surface area contributed by atoms with Gasteiger partial charge in [-0.1, -0.05) is 0 Å². The van der Waals surface area contributed by atoms with Crippen LogP contribution in [0.25, 0.3) is 22.3 Å². The lowest BCUT2D eigenvalue weighted by molar-refractivity contribution is -0.137. The molecule has 3 aliphatic rings. The zero-order valence-corrected chi connectivity index (χ0v) is 28.9. The molecule has 7 heterocycles. The van der Waals surface area contributed by atoms with Crippen LogP contribution in [0.3, 0.4) is 0 Å². The van der Waals surface area contributed by atoms with Crippen LogP contribution in [0.2, 0.25) is 0 Å². The molecule has 7 rings (SSSR count). The standard InChI is InChI=1S/C21H23F2N5O2.C16H16N4O3/c22-21(23)3-6-27(7-4-21)18(29)9-14-8-16(12-25-11-14)17-10-15-2-1-5-28(20(24)30)19(15)26-13-17;17-16(23)20-3-1-2-11-6-13(9-19-15(11)20)12-4-10(5-14(21)22)7-18-8-12/h8,10-13H,1-7,9H2,(H2,24,30);4,6-9H,1-3,5H2,(H2,17,23)(H,21,22). The van der Waals surface area contributed by atoms with Gasteiger partial charge in [0, 0.05) is 98.5 Å². The van der Waals surface area contributed by atoms with E-state index in [0.717, 1.165) is 59.1 Å². The number of hydrogen-bond acceptors (Lipinski definition) is 8. The van der Waals surface area contributed by atoms with Crippen LogP contribution in [0.5, 0.6) is 0 Å². The second-order valence-corrected chi connectivity index (χ2v) is 13.2. The van der Waals surface area contributed by atoms with Crippen molar-refractivity contribution in [1.29, 1.82) is 0 Å². The van der Waals surface area contributed by atoms with Crippen molar-refractivity contribution < 1.29 is 33.1 Å². The molecule has 0 atom stereocenters. The van der Waals surface area contributed by atoms with Gasteiger partial charge in [0.2, 0.25) is 5.91 Å².